The molecule has 100 valence electrons. The Bertz CT molecular complexity index is 541. The number of H-pyrrole nitrogens is 1. The largest absolute Gasteiger partial charge is 0.466 e. The molecule has 1 aliphatic carbocycles. The molecule has 0 saturated carbocycles. The molecule has 0 radical (unpaired) electrons. The van der Waals surface area contributed by atoms with Crippen LogP contribution in [0.3, 0.4) is 0 Å². The van der Waals surface area contributed by atoms with Gasteiger partial charge in [-0.3, -0.25) is 0 Å². The van der Waals surface area contributed by atoms with Gasteiger partial charge in [0.2, 0.25) is 0 Å². The molecule has 0 aromatic carbocycles. The first kappa shape index (κ1) is 13.1. The number of carbonyl (C=O) groups excluding carboxylic acids is 2. The van der Waals surface area contributed by atoms with Crippen molar-refractivity contribution in [3.8, 4) is 0 Å². The third-order valence-corrected chi connectivity index (χ3v) is 2.98. The van der Waals surface area contributed by atoms with Crippen molar-refractivity contribution < 1.29 is 19.1 Å². The van der Waals surface area contributed by atoms with Gasteiger partial charge in [0, 0.05) is 18.2 Å². The summed E-state index contributed by atoms with van der Waals surface area (Å²) < 4.78 is 9.24. The molecule has 1 aromatic rings. The molecule has 0 bridgehead atoms. The van der Waals surface area contributed by atoms with E-state index in [9.17, 15) is 9.59 Å². The minimum atomic E-state index is -0.592. The molecule has 1 heterocycles. The third-order valence-electron chi connectivity index (χ3n) is 2.98. The molecular formula is C14H15NO4. The van der Waals surface area contributed by atoms with Crippen LogP contribution in [0.1, 0.15) is 17.0 Å². The molecule has 19 heavy (non-hydrogen) atoms. The molecule has 0 aliphatic heterocycles. The molecule has 5 nitrogen and oxygen atoms in total. The average molecular weight is 261 g/mol. The first-order valence-electron chi connectivity index (χ1n) is 5.89. The van der Waals surface area contributed by atoms with E-state index in [-0.39, 0.29) is 5.57 Å². The minimum Gasteiger partial charge on any atom is -0.466 e. The summed E-state index contributed by atoms with van der Waals surface area (Å²) in [7, 11) is 2.54. The van der Waals surface area contributed by atoms with E-state index in [1.54, 1.807) is 0 Å². The highest BCUT2D eigenvalue weighted by Crippen LogP contribution is 2.23. The fourth-order valence-corrected chi connectivity index (χ4v) is 1.99. The summed E-state index contributed by atoms with van der Waals surface area (Å²) in [4.78, 5) is 26.2. The molecule has 1 aliphatic rings. The van der Waals surface area contributed by atoms with E-state index in [2.05, 4.69) is 21.9 Å². The Morgan fingerprint density at radius 2 is 1.95 bits per heavy atom. The zero-order valence-corrected chi connectivity index (χ0v) is 10.9. The monoisotopic (exact) mass is 261 g/mol. The van der Waals surface area contributed by atoms with Crippen molar-refractivity contribution in [2.45, 2.75) is 12.8 Å². The topological polar surface area (TPSA) is 68.4 Å². The van der Waals surface area contributed by atoms with Crippen molar-refractivity contribution in [2.24, 2.45) is 0 Å². The fraction of sp³-hybridized carbons (Fsp3) is 0.286. The standard InChI is InChI=1S/C14H15NO4/c1-18-13(16)8-10(14(17)19-2)12-7-9-5-3-4-6-11(9)15-12/h3-4,7-8,15H,5-6H2,1-2H3/b10-8-. The maximum Gasteiger partial charge on any atom is 0.340 e. The number of hydrogen-bond acceptors (Lipinski definition) is 4. The molecule has 1 N–H and O–H groups in total. The van der Waals surface area contributed by atoms with Crippen molar-refractivity contribution in [3.63, 3.8) is 0 Å². The van der Waals surface area contributed by atoms with Crippen LogP contribution in [-0.2, 0) is 31.9 Å². The van der Waals surface area contributed by atoms with Crippen LogP contribution in [0.2, 0.25) is 0 Å². The van der Waals surface area contributed by atoms with E-state index in [0.29, 0.717) is 5.69 Å². The highest BCUT2D eigenvalue weighted by atomic mass is 16.5. The summed E-state index contributed by atoms with van der Waals surface area (Å²) in [6.07, 6.45) is 6.88. The number of hydrogen-bond donors (Lipinski definition) is 1. The van der Waals surface area contributed by atoms with Crippen LogP contribution in [0, 0.1) is 0 Å². The normalized spacial score (nSPS) is 13.9. The van der Waals surface area contributed by atoms with Crippen LogP contribution in [0.4, 0.5) is 0 Å². The number of aromatic amines is 1. The minimum absolute atomic E-state index is 0.170. The Kier molecular flexibility index (Phi) is 3.85. The Labute approximate surface area is 110 Å². The number of allylic oxidation sites excluding steroid dienone is 2. The molecule has 5 heteroatoms. The summed E-state index contributed by atoms with van der Waals surface area (Å²) in [5.41, 5.74) is 2.92. The summed E-state index contributed by atoms with van der Waals surface area (Å²) in [5.74, 6) is -1.16. The number of fused-ring (bicyclic) bond motifs is 1. The Morgan fingerprint density at radius 3 is 2.58 bits per heavy atom. The van der Waals surface area contributed by atoms with Crippen LogP contribution in [0.15, 0.2) is 24.3 Å². The summed E-state index contributed by atoms with van der Waals surface area (Å²) in [5, 5.41) is 0. The van der Waals surface area contributed by atoms with Crippen LogP contribution in [0.5, 0.6) is 0 Å². The van der Waals surface area contributed by atoms with Gasteiger partial charge < -0.3 is 14.5 Å². The highest BCUT2D eigenvalue weighted by molar-refractivity contribution is 6.20. The van der Waals surface area contributed by atoms with Gasteiger partial charge in [-0.2, -0.15) is 0 Å². The van der Waals surface area contributed by atoms with Crippen molar-refractivity contribution in [1.29, 1.82) is 0 Å². The van der Waals surface area contributed by atoms with Crippen molar-refractivity contribution in [1.82, 2.24) is 4.98 Å². The maximum absolute atomic E-state index is 11.7. The second-order valence-corrected chi connectivity index (χ2v) is 4.14. The SMILES string of the molecule is COC(=O)/C=C(\C(=O)OC)c1cc2c([nH]1)CC=CC2. The Morgan fingerprint density at radius 1 is 1.21 bits per heavy atom. The van der Waals surface area contributed by atoms with Gasteiger partial charge in [0.15, 0.2) is 0 Å². The highest BCUT2D eigenvalue weighted by Gasteiger charge is 2.19. The number of carbonyl (C=O) groups is 2. The van der Waals surface area contributed by atoms with Gasteiger partial charge in [-0.25, -0.2) is 9.59 Å². The molecule has 0 spiro atoms. The molecule has 1 aromatic heterocycles. The van der Waals surface area contributed by atoms with Crippen LogP contribution in [-0.4, -0.2) is 31.1 Å². The molecule has 0 unspecified atom stereocenters. The molecule has 0 fully saturated rings. The Hall–Kier alpha value is -2.30. The number of esters is 2. The van der Waals surface area contributed by atoms with E-state index in [0.717, 1.165) is 30.2 Å². The second-order valence-electron chi connectivity index (χ2n) is 4.14. The van der Waals surface area contributed by atoms with Gasteiger partial charge in [-0.05, 0) is 18.1 Å². The molecule has 0 saturated heterocycles. The zero-order chi connectivity index (χ0) is 13.8. The first-order chi connectivity index (χ1) is 9.15. The first-order valence-corrected chi connectivity index (χ1v) is 5.89. The Balaban J connectivity index is 2.38. The second kappa shape index (κ2) is 5.56. The van der Waals surface area contributed by atoms with E-state index in [1.165, 1.54) is 14.2 Å². The lowest BCUT2D eigenvalue weighted by Crippen LogP contribution is -2.08. The molecular weight excluding hydrogens is 246 g/mol. The lowest BCUT2D eigenvalue weighted by molar-refractivity contribution is -0.136. The predicted molar refractivity (Wildman–Crippen MR) is 69.3 cm³/mol. The quantitative estimate of drug-likeness (QED) is 0.507. The van der Waals surface area contributed by atoms with Crippen molar-refractivity contribution >= 4 is 17.5 Å². The van der Waals surface area contributed by atoms with Crippen molar-refractivity contribution in [3.05, 3.63) is 41.2 Å². The maximum atomic E-state index is 11.7. The summed E-state index contributed by atoms with van der Waals surface area (Å²) in [6.45, 7) is 0. The molecule has 2 rings (SSSR count). The lowest BCUT2D eigenvalue weighted by Gasteiger charge is -2.03. The van der Waals surface area contributed by atoms with Gasteiger partial charge >= 0.3 is 11.9 Å². The average Bonchev–Trinajstić information content (AvgIpc) is 2.87. The fourth-order valence-electron chi connectivity index (χ4n) is 1.99. The van der Waals surface area contributed by atoms with Gasteiger partial charge in [0.05, 0.1) is 25.5 Å². The van der Waals surface area contributed by atoms with E-state index in [4.69, 9.17) is 4.74 Å². The van der Waals surface area contributed by atoms with Gasteiger partial charge in [0.1, 0.15) is 0 Å². The zero-order valence-electron chi connectivity index (χ0n) is 10.9. The summed E-state index contributed by atoms with van der Waals surface area (Å²) >= 11 is 0. The predicted octanol–water partition coefficient (Wildman–Crippen LogP) is 1.40. The number of aromatic nitrogens is 1. The van der Waals surface area contributed by atoms with Crippen LogP contribution >= 0.6 is 0 Å². The van der Waals surface area contributed by atoms with Crippen molar-refractivity contribution in [2.75, 3.05) is 14.2 Å². The van der Waals surface area contributed by atoms with E-state index >= 15 is 0 Å². The number of nitrogens with one attached hydrogen (secondary N) is 1. The smallest absolute Gasteiger partial charge is 0.340 e. The van der Waals surface area contributed by atoms with E-state index in [1.807, 2.05) is 6.07 Å². The summed E-state index contributed by atoms with van der Waals surface area (Å²) in [6, 6.07) is 1.87. The molecule has 0 atom stereocenters. The van der Waals surface area contributed by atoms with E-state index < -0.39 is 11.9 Å². The van der Waals surface area contributed by atoms with Gasteiger partial charge in [0.25, 0.3) is 0 Å². The number of methoxy groups -OCH3 is 2. The number of rotatable bonds is 3. The van der Waals surface area contributed by atoms with Gasteiger partial charge in [-0.1, -0.05) is 12.2 Å². The lowest BCUT2D eigenvalue weighted by atomic mass is 10.0. The number of ether oxygens (including phenoxy) is 2. The van der Waals surface area contributed by atoms with Gasteiger partial charge in [-0.15, -0.1) is 0 Å². The molecule has 0 amide bonds. The third kappa shape index (κ3) is 2.76. The van der Waals surface area contributed by atoms with Crippen LogP contribution < -0.4 is 0 Å². The van der Waals surface area contributed by atoms with Crippen LogP contribution in [0.25, 0.3) is 5.57 Å².